The highest BCUT2D eigenvalue weighted by Gasteiger charge is 2.04. The lowest BCUT2D eigenvalue weighted by atomic mass is 10.1. The van der Waals surface area contributed by atoms with E-state index in [4.69, 9.17) is 11.6 Å². The summed E-state index contributed by atoms with van der Waals surface area (Å²) in [6, 6.07) is 11.9. The molecule has 0 saturated heterocycles. The number of benzene rings is 2. The normalized spacial score (nSPS) is 10.3. The van der Waals surface area contributed by atoms with Crippen molar-refractivity contribution in [2.45, 2.75) is 13.3 Å². The lowest BCUT2D eigenvalue weighted by Gasteiger charge is -2.09. The minimum atomic E-state index is -0.257. The predicted molar refractivity (Wildman–Crippen MR) is 87.8 cm³/mol. The standard InChI is InChI=1S/C17H18ClFN2O/c1-12-2-7-16(15(18)10-12)21-11-17(22)20-9-8-13-3-5-14(19)6-4-13/h2-7,10,21H,8-9,11H2,1H3,(H,20,22). The van der Waals surface area contributed by atoms with Gasteiger partial charge in [-0.25, -0.2) is 4.39 Å². The van der Waals surface area contributed by atoms with Crippen molar-refractivity contribution in [1.82, 2.24) is 5.32 Å². The Morgan fingerprint density at radius 1 is 1.18 bits per heavy atom. The highest BCUT2D eigenvalue weighted by atomic mass is 35.5. The molecule has 0 aliphatic carbocycles. The van der Waals surface area contributed by atoms with E-state index >= 15 is 0 Å². The van der Waals surface area contributed by atoms with Gasteiger partial charge in [-0.15, -0.1) is 0 Å². The van der Waals surface area contributed by atoms with Crippen molar-refractivity contribution in [2.24, 2.45) is 0 Å². The molecule has 5 heteroatoms. The number of carbonyl (C=O) groups excluding carboxylic acids is 1. The Balaban J connectivity index is 1.72. The van der Waals surface area contributed by atoms with Gasteiger partial charge in [0.2, 0.25) is 5.91 Å². The summed E-state index contributed by atoms with van der Waals surface area (Å²) in [7, 11) is 0. The molecule has 22 heavy (non-hydrogen) atoms. The molecule has 0 aromatic heterocycles. The topological polar surface area (TPSA) is 41.1 Å². The second-order valence-corrected chi connectivity index (χ2v) is 5.47. The van der Waals surface area contributed by atoms with Crippen LogP contribution < -0.4 is 10.6 Å². The number of rotatable bonds is 6. The van der Waals surface area contributed by atoms with Crippen LogP contribution in [-0.4, -0.2) is 19.0 Å². The summed E-state index contributed by atoms with van der Waals surface area (Å²) in [5.41, 5.74) is 2.79. The van der Waals surface area contributed by atoms with Crippen LogP contribution in [0.1, 0.15) is 11.1 Å². The first kappa shape index (κ1) is 16.3. The highest BCUT2D eigenvalue weighted by Crippen LogP contribution is 2.22. The second-order valence-electron chi connectivity index (χ2n) is 5.06. The minimum absolute atomic E-state index is 0.112. The number of halogens is 2. The van der Waals surface area contributed by atoms with Crippen molar-refractivity contribution in [2.75, 3.05) is 18.4 Å². The van der Waals surface area contributed by atoms with E-state index in [1.807, 2.05) is 25.1 Å². The SMILES string of the molecule is Cc1ccc(NCC(=O)NCCc2ccc(F)cc2)c(Cl)c1. The van der Waals surface area contributed by atoms with Gasteiger partial charge in [0, 0.05) is 6.54 Å². The number of hydrogen-bond acceptors (Lipinski definition) is 2. The van der Waals surface area contributed by atoms with Gasteiger partial charge in [0.05, 0.1) is 17.3 Å². The van der Waals surface area contributed by atoms with Crippen molar-refractivity contribution < 1.29 is 9.18 Å². The van der Waals surface area contributed by atoms with Gasteiger partial charge in [-0.2, -0.15) is 0 Å². The fraction of sp³-hybridized carbons (Fsp3) is 0.235. The zero-order valence-corrected chi connectivity index (χ0v) is 13.1. The number of aryl methyl sites for hydroxylation is 1. The van der Waals surface area contributed by atoms with E-state index in [-0.39, 0.29) is 18.3 Å². The quantitative estimate of drug-likeness (QED) is 0.854. The average molecular weight is 321 g/mol. The molecule has 116 valence electrons. The zero-order chi connectivity index (χ0) is 15.9. The molecule has 1 amide bonds. The third-order valence-electron chi connectivity index (χ3n) is 3.21. The Bertz CT molecular complexity index is 644. The van der Waals surface area contributed by atoms with Crippen molar-refractivity contribution in [3.05, 3.63) is 64.4 Å². The van der Waals surface area contributed by atoms with Gasteiger partial charge in [-0.05, 0) is 48.7 Å². The van der Waals surface area contributed by atoms with Crippen LogP contribution in [-0.2, 0) is 11.2 Å². The summed E-state index contributed by atoms with van der Waals surface area (Å²) in [5, 5.41) is 6.41. The number of nitrogens with one attached hydrogen (secondary N) is 2. The van der Waals surface area contributed by atoms with Gasteiger partial charge >= 0.3 is 0 Å². The van der Waals surface area contributed by atoms with Crippen molar-refractivity contribution in [3.63, 3.8) is 0 Å². The molecule has 0 unspecified atom stereocenters. The Labute approximate surface area is 134 Å². The summed E-state index contributed by atoms with van der Waals surface area (Å²) in [6.45, 7) is 2.62. The van der Waals surface area contributed by atoms with E-state index < -0.39 is 0 Å². The van der Waals surface area contributed by atoms with Crippen LogP contribution in [0.4, 0.5) is 10.1 Å². The molecule has 2 aromatic rings. The first-order chi connectivity index (χ1) is 10.5. The smallest absolute Gasteiger partial charge is 0.239 e. The van der Waals surface area contributed by atoms with Gasteiger partial charge in [0.25, 0.3) is 0 Å². The summed E-state index contributed by atoms with van der Waals surface area (Å²) < 4.78 is 12.8. The molecule has 0 fully saturated rings. The van der Waals surface area contributed by atoms with Crippen LogP contribution in [0.3, 0.4) is 0 Å². The highest BCUT2D eigenvalue weighted by molar-refractivity contribution is 6.33. The summed E-state index contributed by atoms with van der Waals surface area (Å²) in [6.07, 6.45) is 0.664. The maximum Gasteiger partial charge on any atom is 0.239 e. The van der Waals surface area contributed by atoms with Crippen LogP contribution in [0.2, 0.25) is 5.02 Å². The average Bonchev–Trinajstić information content (AvgIpc) is 2.48. The van der Waals surface area contributed by atoms with E-state index in [0.717, 1.165) is 16.8 Å². The molecule has 0 aliphatic heterocycles. The van der Waals surface area contributed by atoms with Crippen molar-refractivity contribution in [1.29, 1.82) is 0 Å². The monoisotopic (exact) mass is 320 g/mol. The Hall–Kier alpha value is -2.07. The number of carbonyl (C=O) groups is 1. The van der Waals surface area contributed by atoms with Gasteiger partial charge in [-0.3, -0.25) is 4.79 Å². The molecule has 0 saturated carbocycles. The number of amides is 1. The number of hydrogen-bond donors (Lipinski definition) is 2. The van der Waals surface area contributed by atoms with E-state index in [1.165, 1.54) is 12.1 Å². The zero-order valence-electron chi connectivity index (χ0n) is 12.3. The fourth-order valence-electron chi connectivity index (χ4n) is 2.00. The molecule has 2 N–H and O–H groups in total. The van der Waals surface area contributed by atoms with Crippen LogP contribution in [0.25, 0.3) is 0 Å². The van der Waals surface area contributed by atoms with E-state index in [2.05, 4.69) is 10.6 Å². The molecule has 0 heterocycles. The maximum atomic E-state index is 12.8. The Kier molecular flexibility index (Phi) is 5.78. The first-order valence-electron chi connectivity index (χ1n) is 7.06. The van der Waals surface area contributed by atoms with Gasteiger partial charge < -0.3 is 10.6 Å². The van der Waals surface area contributed by atoms with Gasteiger partial charge in [-0.1, -0.05) is 29.8 Å². The molecular formula is C17H18ClFN2O. The lowest BCUT2D eigenvalue weighted by Crippen LogP contribution is -2.31. The third-order valence-corrected chi connectivity index (χ3v) is 3.53. The molecule has 0 aliphatic rings. The molecule has 2 rings (SSSR count). The molecule has 0 atom stereocenters. The van der Waals surface area contributed by atoms with E-state index in [0.29, 0.717) is 18.0 Å². The largest absolute Gasteiger partial charge is 0.375 e. The lowest BCUT2D eigenvalue weighted by molar-refractivity contribution is -0.119. The summed E-state index contributed by atoms with van der Waals surface area (Å²) in [4.78, 5) is 11.8. The Morgan fingerprint density at radius 3 is 2.59 bits per heavy atom. The van der Waals surface area contributed by atoms with Crippen LogP contribution in [0, 0.1) is 12.7 Å². The van der Waals surface area contributed by atoms with Crippen molar-refractivity contribution >= 4 is 23.2 Å². The van der Waals surface area contributed by atoms with Crippen LogP contribution in [0.15, 0.2) is 42.5 Å². The molecule has 3 nitrogen and oxygen atoms in total. The molecular weight excluding hydrogens is 303 g/mol. The first-order valence-corrected chi connectivity index (χ1v) is 7.43. The van der Waals surface area contributed by atoms with Gasteiger partial charge in [0.15, 0.2) is 0 Å². The van der Waals surface area contributed by atoms with E-state index in [1.54, 1.807) is 12.1 Å². The van der Waals surface area contributed by atoms with Crippen LogP contribution >= 0.6 is 11.6 Å². The van der Waals surface area contributed by atoms with Gasteiger partial charge in [0.1, 0.15) is 5.82 Å². The molecule has 0 bridgehead atoms. The number of anilines is 1. The second kappa shape index (κ2) is 7.80. The summed E-state index contributed by atoms with van der Waals surface area (Å²) >= 11 is 6.09. The third kappa shape index (κ3) is 5.04. The Morgan fingerprint density at radius 2 is 1.91 bits per heavy atom. The molecule has 0 spiro atoms. The summed E-state index contributed by atoms with van der Waals surface area (Å²) in [5.74, 6) is -0.370. The predicted octanol–water partition coefficient (Wildman–Crippen LogP) is 3.56. The fourth-order valence-corrected chi connectivity index (χ4v) is 2.30. The van der Waals surface area contributed by atoms with Crippen LogP contribution in [0.5, 0.6) is 0 Å². The molecule has 0 radical (unpaired) electrons. The van der Waals surface area contributed by atoms with Crippen molar-refractivity contribution in [3.8, 4) is 0 Å². The molecule has 2 aromatic carbocycles. The van der Waals surface area contributed by atoms with E-state index in [9.17, 15) is 9.18 Å². The maximum absolute atomic E-state index is 12.8. The minimum Gasteiger partial charge on any atom is -0.375 e.